The van der Waals surface area contributed by atoms with E-state index in [0.29, 0.717) is 12.1 Å². The van der Waals surface area contributed by atoms with Gasteiger partial charge in [-0.15, -0.1) is 0 Å². The van der Waals surface area contributed by atoms with E-state index in [1.54, 1.807) is 6.92 Å². The number of esters is 2. The maximum Gasteiger partial charge on any atom is 0.331 e. The van der Waals surface area contributed by atoms with Crippen LogP contribution in [0.15, 0.2) is 65.7 Å². The van der Waals surface area contributed by atoms with Crippen LogP contribution < -0.4 is 0 Å². The number of hydrogen-bond donors (Lipinski definition) is 0. The Morgan fingerprint density at radius 2 is 1.54 bits per heavy atom. The predicted octanol–water partition coefficient (Wildman–Crippen LogP) is 5.43. The Balaban J connectivity index is 2.08. The van der Waals surface area contributed by atoms with E-state index in [4.69, 9.17) is 19.2 Å². The van der Waals surface area contributed by atoms with Gasteiger partial charge < -0.3 is 14.2 Å². The van der Waals surface area contributed by atoms with E-state index in [-0.39, 0.29) is 18.0 Å². The van der Waals surface area contributed by atoms with Gasteiger partial charge in [0.05, 0.1) is 24.3 Å². The molecule has 1 heterocycles. The highest BCUT2D eigenvalue weighted by Gasteiger charge is 2.48. The molecular formula is C29H37NO5. The van der Waals surface area contributed by atoms with E-state index in [0.717, 1.165) is 11.1 Å². The lowest BCUT2D eigenvalue weighted by Crippen LogP contribution is -2.52. The molecule has 2 aromatic rings. The lowest BCUT2D eigenvalue weighted by molar-refractivity contribution is -0.259. The molecule has 0 radical (unpaired) electrons. The highest BCUT2D eigenvalue weighted by Crippen LogP contribution is 2.37. The van der Waals surface area contributed by atoms with Crippen LogP contribution in [0, 0.1) is 17.3 Å². The Hall–Kier alpha value is -2.99. The van der Waals surface area contributed by atoms with Crippen molar-refractivity contribution >= 4 is 17.7 Å². The van der Waals surface area contributed by atoms with Gasteiger partial charge >= 0.3 is 11.9 Å². The summed E-state index contributed by atoms with van der Waals surface area (Å²) in [4.78, 5) is 31.6. The normalized spacial score (nSPS) is 22.0. The van der Waals surface area contributed by atoms with Gasteiger partial charge in [-0.05, 0) is 20.3 Å². The number of rotatable bonds is 8. The van der Waals surface area contributed by atoms with Crippen molar-refractivity contribution in [1.82, 2.24) is 0 Å². The van der Waals surface area contributed by atoms with Crippen molar-refractivity contribution in [3.05, 3.63) is 71.8 Å². The third-order valence-corrected chi connectivity index (χ3v) is 6.28. The standard InChI is InChI=1S/C29H37NO5/c1-7-22(23-19(3)34-28(29(4,5)6)35-26(23)31)25(27(32)33-8-2)30-24(20-15-11-9-12-16-20)21-17-13-10-14-18-21/h9-19,22-23,25,28H,7-8H2,1-6H3/t19-,22-,23+,25-,28-/m1/s1. The summed E-state index contributed by atoms with van der Waals surface area (Å²) in [5, 5.41) is 0. The second kappa shape index (κ2) is 11.6. The molecule has 0 aromatic heterocycles. The van der Waals surface area contributed by atoms with Gasteiger partial charge in [-0.1, -0.05) is 88.4 Å². The molecule has 0 spiro atoms. The Labute approximate surface area is 208 Å². The van der Waals surface area contributed by atoms with Crippen LogP contribution in [0.1, 0.15) is 59.1 Å². The molecular weight excluding hydrogens is 442 g/mol. The van der Waals surface area contributed by atoms with E-state index < -0.39 is 36.2 Å². The molecule has 0 N–H and O–H groups in total. The fourth-order valence-corrected chi connectivity index (χ4v) is 4.46. The zero-order chi connectivity index (χ0) is 25.6. The highest BCUT2D eigenvalue weighted by atomic mass is 16.7. The van der Waals surface area contributed by atoms with Gasteiger partial charge in [0, 0.05) is 22.5 Å². The average molecular weight is 480 g/mol. The van der Waals surface area contributed by atoms with Crippen molar-refractivity contribution in [2.24, 2.45) is 22.2 Å². The molecule has 35 heavy (non-hydrogen) atoms. The van der Waals surface area contributed by atoms with Crippen molar-refractivity contribution in [1.29, 1.82) is 0 Å². The minimum absolute atomic E-state index is 0.223. The molecule has 1 aliphatic rings. The first-order valence-electron chi connectivity index (χ1n) is 12.4. The minimum Gasteiger partial charge on any atom is -0.464 e. The minimum atomic E-state index is -0.898. The molecule has 6 heteroatoms. The van der Waals surface area contributed by atoms with Crippen molar-refractivity contribution in [2.45, 2.75) is 66.4 Å². The number of cyclic esters (lactones) is 1. The maximum atomic E-state index is 13.3. The molecule has 1 saturated heterocycles. The SMILES string of the molecule is CCOC(=O)[C@H](N=C(c1ccccc1)c1ccccc1)[C@H](CC)[C@H]1C(=O)O[C@H](C(C)(C)C)O[C@@H]1C. The molecule has 0 unspecified atom stereocenters. The van der Waals surface area contributed by atoms with E-state index >= 15 is 0 Å². The molecule has 188 valence electrons. The number of carbonyl (C=O) groups is 2. The zero-order valence-corrected chi connectivity index (χ0v) is 21.6. The topological polar surface area (TPSA) is 74.2 Å². The molecule has 3 rings (SSSR count). The zero-order valence-electron chi connectivity index (χ0n) is 21.6. The molecule has 0 saturated carbocycles. The summed E-state index contributed by atoms with van der Waals surface area (Å²) >= 11 is 0. The van der Waals surface area contributed by atoms with Crippen LogP contribution in [0.25, 0.3) is 0 Å². The van der Waals surface area contributed by atoms with Crippen LogP contribution in [0.5, 0.6) is 0 Å². The number of ether oxygens (including phenoxy) is 3. The van der Waals surface area contributed by atoms with E-state index in [9.17, 15) is 9.59 Å². The maximum absolute atomic E-state index is 13.3. The quantitative estimate of drug-likeness (QED) is 0.373. The summed E-state index contributed by atoms with van der Waals surface area (Å²) in [6.07, 6.45) is -0.556. The van der Waals surface area contributed by atoms with Crippen molar-refractivity contribution in [3.63, 3.8) is 0 Å². The van der Waals surface area contributed by atoms with Crippen LogP contribution in [0.2, 0.25) is 0 Å². The molecule has 5 atom stereocenters. The van der Waals surface area contributed by atoms with Crippen LogP contribution >= 0.6 is 0 Å². The summed E-state index contributed by atoms with van der Waals surface area (Å²) in [5.74, 6) is -1.92. The number of nitrogens with zero attached hydrogens (tertiary/aromatic N) is 1. The van der Waals surface area contributed by atoms with Gasteiger partial charge in [-0.2, -0.15) is 0 Å². The summed E-state index contributed by atoms with van der Waals surface area (Å²) < 4.78 is 17.3. The molecule has 2 aromatic carbocycles. The number of carbonyl (C=O) groups excluding carboxylic acids is 2. The summed E-state index contributed by atoms with van der Waals surface area (Å²) in [5.41, 5.74) is 2.08. The smallest absolute Gasteiger partial charge is 0.331 e. The Morgan fingerprint density at radius 3 is 1.97 bits per heavy atom. The first kappa shape index (κ1) is 26.6. The number of hydrogen-bond acceptors (Lipinski definition) is 6. The van der Waals surface area contributed by atoms with Crippen LogP contribution in [0.4, 0.5) is 0 Å². The second-order valence-corrected chi connectivity index (χ2v) is 9.98. The highest BCUT2D eigenvalue weighted by molar-refractivity contribution is 6.13. The first-order chi connectivity index (χ1) is 16.7. The Morgan fingerprint density at radius 1 is 1.00 bits per heavy atom. The second-order valence-electron chi connectivity index (χ2n) is 9.98. The van der Waals surface area contributed by atoms with Crippen LogP contribution in [-0.4, -0.2) is 42.7 Å². The average Bonchev–Trinajstić information content (AvgIpc) is 2.83. The molecule has 1 fully saturated rings. The number of aliphatic imine (C=N–C) groups is 1. The third-order valence-electron chi connectivity index (χ3n) is 6.28. The molecule has 1 aliphatic heterocycles. The van der Waals surface area contributed by atoms with E-state index in [1.807, 2.05) is 95.3 Å². The van der Waals surface area contributed by atoms with Gasteiger partial charge in [0.2, 0.25) is 6.29 Å². The van der Waals surface area contributed by atoms with Gasteiger partial charge in [-0.3, -0.25) is 9.79 Å². The van der Waals surface area contributed by atoms with E-state index in [2.05, 4.69) is 0 Å². The lowest BCUT2D eigenvalue weighted by atomic mass is 9.79. The molecule has 0 bridgehead atoms. The van der Waals surface area contributed by atoms with Crippen molar-refractivity contribution in [2.75, 3.05) is 6.61 Å². The summed E-state index contributed by atoms with van der Waals surface area (Å²) in [6, 6.07) is 18.6. The summed E-state index contributed by atoms with van der Waals surface area (Å²) in [7, 11) is 0. The van der Waals surface area contributed by atoms with Gasteiger partial charge in [0.25, 0.3) is 0 Å². The van der Waals surface area contributed by atoms with Gasteiger partial charge in [0.15, 0.2) is 6.04 Å². The molecule has 0 amide bonds. The lowest BCUT2D eigenvalue weighted by Gasteiger charge is -2.42. The Bertz CT molecular complexity index is 971. The number of benzene rings is 2. The van der Waals surface area contributed by atoms with Crippen LogP contribution in [-0.2, 0) is 23.8 Å². The van der Waals surface area contributed by atoms with Gasteiger partial charge in [0.1, 0.15) is 0 Å². The third kappa shape index (κ3) is 6.37. The molecule has 6 nitrogen and oxygen atoms in total. The van der Waals surface area contributed by atoms with Crippen molar-refractivity contribution < 1.29 is 23.8 Å². The fourth-order valence-electron chi connectivity index (χ4n) is 4.46. The molecule has 0 aliphatic carbocycles. The van der Waals surface area contributed by atoms with Crippen LogP contribution in [0.3, 0.4) is 0 Å². The predicted molar refractivity (Wildman–Crippen MR) is 136 cm³/mol. The fraction of sp³-hybridized carbons (Fsp3) is 0.483. The Kier molecular flexibility index (Phi) is 8.84. The monoisotopic (exact) mass is 479 g/mol. The van der Waals surface area contributed by atoms with E-state index in [1.165, 1.54) is 0 Å². The first-order valence-corrected chi connectivity index (χ1v) is 12.4. The van der Waals surface area contributed by atoms with Gasteiger partial charge in [-0.25, -0.2) is 4.79 Å². The van der Waals surface area contributed by atoms with Crippen molar-refractivity contribution in [3.8, 4) is 0 Å². The summed E-state index contributed by atoms with van der Waals surface area (Å²) in [6.45, 7) is 11.7. The largest absolute Gasteiger partial charge is 0.464 e.